The number of hydrazine groups is 1. The molecular weight excluding hydrogens is 406 g/mol. The normalized spacial score (nSPS) is 19.2. The number of rotatable bonds is 10. The molecule has 0 bridgehead atoms. The van der Waals surface area contributed by atoms with Crippen LogP contribution in [0.25, 0.3) is 0 Å². The van der Waals surface area contributed by atoms with E-state index >= 15 is 0 Å². The van der Waals surface area contributed by atoms with Gasteiger partial charge in [-0.05, 0) is 43.7 Å². The Balaban J connectivity index is 1.28. The maximum Gasteiger partial charge on any atom is 0.291 e. The number of amides is 2. The first-order chi connectivity index (χ1) is 15.5. The van der Waals surface area contributed by atoms with E-state index in [4.69, 9.17) is 0 Å². The van der Waals surface area contributed by atoms with Crippen LogP contribution in [0, 0.1) is 5.92 Å². The SMILES string of the molecule is CC(CCN1NC(C2CCC2)C=C1N(C)C=O)NC(=O)c1ncn(Cc2ccccc2)n1. The van der Waals surface area contributed by atoms with E-state index in [9.17, 15) is 9.59 Å². The summed E-state index contributed by atoms with van der Waals surface area (Å²) in [5, 5.41) is 9.30. The molecule has 1 aliphatic carbocycles. The fourth-order valence-corrected chi connectivity index (χ4v) is 4.04. The standard InChI is InChI=1S/C23H31N7O2/c1-17(11-12-30-21(28(2)16-31)13-20(26-30)19-9-6-10-19)25-23(32)22-24-15-29(27-22)14-18-7-4-3-5-8-18/h3-5,7-8,13,15-17,19-20,26H,6,9-12,14H2,1-2H3,(H,25,32). The van der Waals surface area contributed by atoms with Crippen LogP contribution in [0.4, 0.5) is 0 Å². The van der Waals surface area contributed by atoms with Crippen molar-refractivity contribution in [3.8, 4) is 0 Å². The number of nitrogens with one attached hydrogen (secondary N) is 2. The molecule has 0 saturated heterocycles. The third kappa shape index (κ3) is 5.16. The first-order valence-corrected chi connectivity index (χ1v) is 11.2. The largest absolute Gasteiger partial charge is 0.347 e. The van der Waals surface area contributed by atoms with Crippen LogP contribution in [0.2, 0.25) is 0 Å². The van der Waals surface area contributed by atoms with E-state index in [1.807, 2.05) is 42.3 Å². The summed E-state index contributed by atoms with van der Waals surface area (Å²) in [5.74, 6) is 1.38. The molecule has 1 aromatic heterocycles. The summed E-state index contributed by atoms with van der Waals surface area (Å²) >= 11 is 0. The van der Waals surface area contributed by atoms with Gasteiger partial charge in [-0.2, -0.15) is 0 Å². The van der Waals surface area contributed by atoms with Crippen molar-refractivity contribution < 1.29 is 9.59 Å². The van der Waals surface area contributed by atoms with Crippen molar-refractivity contribution in [1.82, 2.24) is 35.4 Å². The molecule has 2 aliphatic rings. The van der Waals surface area contributed by atoms with Crippen LogP contribution in [0.15, 0.2) is 48.6 Å². The summed E-state index contributed by atoms with van der Waals surface area (Å²) < 4.78 is 1.66. The molecule has 2 amide bonds. The monoisotopic (exact) mass is 437 g/mol. The molecule has 2 atom stereocenters. The molecule has 32 heavy (non-hydrogen) atoms. The maximum atomic E-state index is 12.6. The van der Waals surface area contributed by atoms with Gasteiger partial charge in [0.25, 0.3) is 5.91 Å². The highest BCUT2D eigenvalue weighted by molar-refractivity contribution is 5.90. The smallest absolute Gasteiger partial charge is 0.291 e. The first-order valence-electron chi connectivity index (χ1n) is 11.2. The van der Waals surface area contributed by atoms with E-state index in [1.165, 1.54) is 19.3 Å². The summed E-state index contributed by atoms with van der Waals surface area (Å²) in [4.78, 5) is 29.6. The van der Waals surface area contributed by atoms with Crippen molar-refractivity contribution in [2.75, 3.05) is 13.6 Å². The molecule has 1 fully saturated rings. The molecule has 2 N–H and O–H groups in total. The van der Waals surface area contributed by atoms with Crippen molar-refractivity contribution in [2.24, 2.45) is 5.92 Å². The third-order valence-electron chi connectivity index (χ3n) is 6.18. The summed E-state index contributed by atoms with van der Waals surface area (Å²) in [5.41, 5.74) is 4.62. The van der Waals surface area contributed by atoms with E-state index in [2.05, 4.69) is 26.9 Å². The van der Waals surface area contributed by atoms with E-state index in [1.54, 1.807) is 23.0 Å². The Hall–Kier alpha value is -3.20. The van der Waals surface area contributed by atoms with Gasteiger partial charge in [0.15, 0.2) is 0 Å². The summed E-state index contributed by atoms with van der Waals surface area (Å²) in [6.45, 7) is 3.20. The molecule has 1 saturated carbocycles. The van der Waals surface area contributed by atoms with Gasteiger partial charge in [0, 0.05) is 19.6 Å². The molecule has 4 rings (SSSR count). The van der Waals surface area contributed by atoms with Crippen molar-refractivity contribution in [1.29, 1.82) is 0 Å². The summed E-state index contributed by atoms with van der Waals surface area (Å²) in [6, 6.07) is 10.1. The van der Waals surface area contributed by atoms with Crippen LogP contribution in [0.3, 0.4) is 0 Å². The zero-order valence-electron chi connectivity index (χ0n) is 18.6. The second kappa shape index (κ2) is 9.95. The highest BCUT2D eigenvalue weighted by Crippen LogP contribution is 2.33. The minimum atomic E-state index is -0.285. The number of carbonyl (C=O) groups excluding carboxylic acids is 2. The van der Waals surface area contributed by atoms with Crippen molar-refractivity contribution in [3.63, 3.8) is 0 Å². The quantitative estimate of drug-likeness (QED) is 0.550. The van der Waals surface area contributed by atoms with Gasteiger partial charge in [-0.1, -0.05) is 36.8 Å². The summed E-state index contributed by atoms with van der Waals surface area (Å²) in [7, 11) is 1.76. The number of benzene rings is 1. The van der Waals surface area contributed by atoms with Gasteiger partial charge in [0.1, 0.15) is 12.1 Å². The predicted octanol–water partition coefficient (Wildman–Crippen LogP) is 1.75. The maximum absolute atomic E-state index is 12.6. The second-order valence-electron chi connectivity index (χ2n) is 8.65. The van der Waals surface area contributed by atoms with Crippen LogP contribution >= 0.6 is 0 Å². The van der Waals surface area contributed by atoms with Crippen molar-refractivity contribution in [3.05, 3.63) is 59.9 Å². The Morgan fingerprint density at radius 2 is 2.12 bits per heavy atom. The van der Waals surface area contributed by atoms with Gasteiger partial charge < -0.3 is 10.2 Å². The van der Waals surface area contributed by atoms with Gasteiger partial charge in [0.05, 0.1) is 12.6 Å². The molecule has 9 heteroatoms. The van der Waals surface area contributed by atoms with Crippen LogP contribution < -0.4 is 10.7 Å². The fourth-order valence-electron chi connectivity index (χ4n) is 4.04. The Bertz CT molecular complexity index is 954. The molecule has 0 radical (unpaired) electrons. The molecule has 2 aromatic rings. The molecule has 2 unspecified atom stereocenters. The van der Waals surface area contributed by atoms with Crippen LogP contribution in [-0.4, -0.2) is 62.7 Å². The number of hydrogen-bond acceptors (Lipinski definition) is 6. The third-order valence-corrected chi connectivity index (χ3v) is 6.18. The number of hydrogen-bond donors (Lipinski definition) is 2. The van der Waals surface area contributed by atoms with Crippen LogP contribution in [-0.2, 0) is 11.3 Å². The second-order valence-corrected chi connectivity index (χ2v) is 8.65. The van der Waals surface area contributed by atoms with Gasteiger partial charge >= 0.3 is 0 Å². The zero-order chi connectivity index (χ0) is 22.5. The zero-order valence-corrected chi connectivity index (χ0v) is 18.6. The number of aromatic nitrogens is 3. The van der Waals surface area contributed by atoms with E-state index < -0.39 is 0 Å². The van der Waals surface area contributed by atoms with E-state index in [0.29, 0.717) is 25.4 Å². The Morgan fingerprint density at radius 3 is 2.81 bits per heavy atom. The van der Waals surface area contributed by atoms with Gasteiger partial charge in [0.2, 0.25) is 12.2 Å². The minimum absolute atomic E-state index is 0.0732. The van der Waals surface area contributed by atoms with Crippen LogP contribution in [0.1, 0.15) is 48.8 Å². The highest BCUT2D eigenvalue weighted by atomic mass is 16.2. The number of nitrogens with zero attached hydrogens (tertiary/aromatic N) is 5. The molecule has 170 valence electrons. The van der Waals surface area contributed by atoms with Crippen molar-refractivity contribution in [2.45, 2.75) is 51.2 Å². The lowest BCUT2D eigenvalue weighted by atomic mass is 9.80. The first kappa shape index (κ1) is 22.0. The lowest BCUT2D eigenvalue weighted by molar-refractivity contribution is -0.116. The lowest BCUT2D eigenvalue weighted by Gasteiger charge is -2.33. The molecule has 1 aromatic carbocycles. The van der Waals surface area contributed by atoms with Gasteiger partial charge in [-0.3, -0.25) is 14.6 Å². The topological polar surface area (TPSA) is 95.4 Å². The molecule has 1 aliphatic heterocycles. The Morgan fingerprint density at radius 1 is 1.34 bits per heavy atom. The van der Waals surface area contributed by atoms with E-state index in [-0.39, 0.29) is 23.8 Å². The Labute approximate surface area is 188 Å². The average Bonchev–Trinajstić information content (AvgIpc) is 3.38. The van der Waals surface area contributed by atoms with Gasteiger partial charge in [-0.25, -0.2) is 15.1 Å². The summed E-state index contributed by atoms with van der Waals surface area (Å²) in [6.07, 6.45) is 8.97. The molecular formula is C23H31N7O2. The molecule has 2 heterocycles. The Kier molecular flexibility index (Phi) is 6.84. The number of carbonyl (C=O) groups is 2. The fraction of sp³-hybridized carbons (Fsp3) is 0.478. The highest BCUT2D eigenvalue weighted by Gasteiger charge is 2.33. The minimum Gasteiger partial charge on any atom is -0.347 e. The average molecular weight is 438 g/mol. The lowest BCUT2D eigenvalue weighted by Crippen LogP contribution is -2.46. The molecule has 9 nitrogen and oxygen atoms in total. The van der Waals surface area contributed by atoms with Crippen molar-refractivity contribution >= 4 is 12.3 Å². The van der Waals surface area contributed by atoms with Crippen LogP contribution in [0.5, 0.6) is 0 Å². The predicted molar refractivity (Wildman–Crippen MR) is 120 cm³/mol. The van der Waals surface area contributed by atoms with E-state index in [0.717, 1.165) is 17.8 Å². The molecule has 0 spiro atoms. The van der Waals surface area contributed by atoms with Gasteiger partial charge in [-0.15, -0.1) is 5.10 Å².